The maximum absolute atomic E-state index is 13.7. The summed E-state index contributed by atoms with van der Waals surface area (Å²) in [6.07, 6.45) is 0. The number of carbonyl (C=O) groups is 1. The highest BCUT2D eigenvalue weighted by Crippen LogP contribution is 2.43. The minimum atomic E-state index is -0.644. The van der Waals surface area contributed by atoms with Gasteiger partial charge in [-0.1, -0.05) is 52.6 Å². The number of rotatable bonds is 7. The number of benzene rings is 3. The smallest absolute Gasteiger partial charge is 0.255 e. The van der Waals surface area contributed by atoms with Gasteiger partial charge in [0.15, 0.2) is 11.5 Å². The Balaban J connectivity index is 1.51. The van der Waals surface area contributed by atoms with E-state index in [4.69, 9.17) is 32.7 Å². The maximum Gasteiger partial charge on any atom is 0.255 e. The van der Waals surface area contributed by atoms with Crippen LogP contribution < -0.4 is 20.1 Å². The Morgan fingerprint density at radius 2 is 1.92 bits per heavy atom. The number of ether oxygens (including phenoxy) is 2. The number of nitrogens with zero attached hydrogens (tertiary/aromatic N) is 4. The lowest BCUT2D eigenvalue weighted by atomic mass is 9.94. The number of tetrazole rings is 1. The van der Waals surface area contributed by atoms with Crippen LogP contribution in [0.25, 0.3) is 0 Å². The van der Waals surface area contributed by atoms with Crippen LogP contribution in [0, 0.1) is 6.92 Å². The number of hydrogen-bond acceptors (Lipinski definition) is 7. The third-order valence-corrected chi connectivity index (χ3v) is 7.61. The Hall–Kier alpha value is -3.60. The number of nitrogens with one attached hydrogen (secondary N) is 2. The lowest BCUT2D eigenvalue weighted by molar-refractivity contribution is -0.113. The molecule has 1 aliphatic rings. The number of aromatic nitrogens is 4. The lowest BCUT2D eigenvalue weighted by Crippen LogP contribution is -2.31. The van der Waals surface area contributed by atoms with E-state index in [0.29, 0.717) is 54.5 Å². The van der Waals surface area contributed by atoms with E-state index in [2.05, 4.69) is 42.1 Å². The molecule has 0 aliphatic carbocycles. The van der Waals surface area contributed by atoms with Crippen LogP contribution in [0.15, 0.2) is 70.3 Å². The number of para-hydroxylation sites is 1. The molecule has 12 heteroatoms. The molecule has 1 atom stereocenters. The second kappa shape index (κ2) is 11.3. The van der Waals surface area contributed by atoms with Gasteiger partial charge in [0.1, 0.15) is 12.6 Å². The molecule has 0 saturated carbocycles. The molecule has 3 aromatic carbocycles. The van der Waals surface area contributed by atoms with Crippen molar-refractivity contribution in [1.29, 1.82) is 0 Å². The Morgan fingerprint density at radius 1 is 1.13 bits per heavy atom. The van der Waals surface area contributed by atoms with E-state index in [0.717, 1.165) is 11.1 Å². The first-order valence-electron chi connectivity index (χ1n) is 11.8. The summed E-state index contributed by atoms with van der Waals surface area (Å²) in [6.45, 7) is 3.99. The first-order chi connectivity index (χ1) is 18.8. The summed E-state index contributed by atoms with van der Waals surface area (Å²) in [6, 6.07) is 15.9. The standard InChI is InChI=1S/C27H23BrCl2N6O3/c1-14-6-4-5-7-21(14)32-26(37)23-15(2)31-27-33-34-35-36(27)24(23)17-11-18(28)25(22(12-17)38-3)39-13-16-8-9-19(29)20(30)10-16/h4-12,24H,13H2,1-3H3,(H,32,37)(H,31,33,35). The number of halogens is 3. The molecule has 2 heterocycles. The van der Waals surface area contributed by atoms with Crippen LogP contribution in [0.5, 0.6) is 11.5 Å². The van der Waals surface area contributed by atoms with E-state index in [9.17, 15) is 4.79 Å². The topological polar surface area (TPSA) is 103 Å². The van der Waals surface area contributed by atoms with E-state index in [-0.39, 0.29) is 12.5 Å². The molecule has 0 fully saturated rings. The van der Waals surface area contributed by atoms with Gasteiger partial charge in [0, 0.05) is 11.4 Å². The molecule has 9 nitrogen and oxygen atoms in total. The van der Waals surface area contributed by atoms with Gasteiger partial charge in [-0.05, 0) is 87.2 Å². The Kier molecular flexibility index (Phi) is 7.79. The van der Waals surface area contributed by atoms with Gasteiger partial charge >= 0.3 is 0 Å². The van der Waals surface area contributed by atoms with Gasteiger partial charge in [0.25, 0.3) is 5.91 Å². The summed E-state index contributed by atoms with van der Waals surface area (Å²) in [5.74, 6) is 1.09. The second-order valence-electron chi connectivity index (χ2n) is 8.85. The molecule has 1 amide bonds. The summed E-state index contributed by atoms with van der Waals surface area (Å²) in [4.78, 5) is 13.7. The van der Waals surface area contributed by atoms with Gasteiger partial charge < -0.3 is 20.1 Å². The summed E-state index contributed by atoms with van der Waals surface area (Å²) < 4.78 is 14.0. The number of aryl methyl sites for hydroxylation is 1. The van der Waals surface area contributed by atoms with Crippen molar-refractivity contribution < 1.29 is 14.3 Å². The van der Waals surface area contributed by atoms with Gasteiger partial charge in [0.05, 0.1) is 27.2 Å². The Morgan fingerprint density at radius 3 is 2.67 bits per heavy atom. The van der Waals surface area contributed by atoms with Crippen LogP contribution >= 0.6 is 39.1 Å². The quantitative estimate of drug-likeness (QED) is 0.238. The lowest BCUT2D eigenvalue weighted by Gasteiger charge is -2.28. The largest absolute Gasteiger partial charge is 0.493 e. The van der Waals surface area contributed by atoms with Crippen LogP contribution in [-0.4, -0.2) is 33.2 Å². The zero-order chi connectivity index (χ0) is 27.7. The SMILES string of the molecule is COc1cc(C2C(C(=O)Nc3ccccc3C)=C(C)Nc3nnnn32)cc(Br)c1OCc1ccc(Cl)c(Cl)c1. The third kappa shape index (κ3) is 5.45. The first kappa shape index (κ1) is 27.0. The van der Waals surface area contributed by atoms with Crippen molar-refractivity contribution >= 4 is 56.7 Å². The van der Waals surface area contributed by atoms with Crippen molar-refractivity contribution in [2.45, 2.75) is 26.5 Å². The van der Waals surface area contributed by atoms with Crippen LogP contribution in [0.1, 0.15) is 29.7 Å². The average molecular weight is 630 g/mol. The highest BCUT2D eigenvalue weighted by molar-refractivity contribution is 9.10. The summed E-state index contributed by atoms with van der Waals surface area (Å²) >= 11 is 15.8. The van der Waals surface area contributed by atoms with Gasteiger partial charge in [-0.3, -0.25) is 4.79 Å². The molecule has 200 valence electrons. The van der Waals surface area contributed by atoms with Crippen LogP contribution in [-0.2, 0) is 11.4 Å². The van der Waals surface area contributed by atoms with Crippen molar-refractivity contribution in [3.8, 4) is 11.5 Å². The summed E-state index contributed by atoms with van der Waals surface area (Å²) in [5, 5.41) is 19.1. The fourth-order valence-corrected chi connectivity index (χ4v) is 5.23. The van der Waals surface area contributed by atoms with Crippen LogP contribution in [0.2, 0.25) is 10.0 Å². The molecule has 0 spiro atoms. The van der Waals surface area contributed by atoms with E-state index in [1.165, 1.54) is 0 Å². The number of allylic oxidation sites excluding steroid dienone is 1. The van der Waals surface area contributed by atoms with Crippen LogP contribution in [0.3, 0.4) is 0 Å². The van der Waals surface area contributed by atoms with Crippen molar-refractivity contribution in [1.82, 2.24) is 20.2 Å². The fourth-order valence-electron chi connectivity index (χ4n) is 4.34. The van der Waals surface area contributed by atoms with E-state index in [1.54, 1.807) is 23.9 Å². The Bertz CT molecular complexity index is 1610. The van der Waals surface area contributed by atoms with E-state index in [1.807, 2.05) is 56.3 Å². The number of amides is 1. The molecule has 1 aromatic heterocycles. The zero-order valence-electron chi connectivity index (χ0n) is 21.1. The number of methoxy groups -OCH3 is 1. The summed E-state index contributed by atoms with van der Waals surface area (Å²) in [5.41, 5.74) is 4.30. The van der Waals surface area contributed by atoms with Crippen LogP contribution in [0.4, 0.5) is 11.6 Å². The molecule has 1 unspecified atom stereocenters. The van der Waals surface area contributed by atoms with Gasteiger partial charge in [0.2, 0.25) is 5.95 Å². The normalized spacial score (nSPS) is 14.5. The average Bonchev–Trinajstić information content (AvgIpc) is 3.38. The monoisotopic (exact) mass is 628 g/mol. The fraction of sp³-hybridized carbons (Fsp3) is 0.185. The highest BCUT2D eigenvalue weighted by atomic mass is 79.9. The van der Waals surface area contributed by atoms with Gasteiger partial charge in [-0.2, -0.15) is 4.68 Å². The number of anilines is 2. The minimum Gasteiger partial charge on any atom is -0.493 e. The third-order valence-electron chi connectivity index (χ3n) is 6.29. The van der Waals surface area contributed by atoms with E-state index >= 15 is 0 Å². The number of hydrogen-bond donors (Lipinski definition) is 2. The number of fused-ring (bicyclic) bond motifs is 1. The van der Waals surface area contributed by atoms with Crippen molar-refractivity contribution in [2.75, 3.05) is 17.7 Å². The van der Waals surface area contributed by atoms with Crippen molar-refractivity contribution in [3.63, 3.8) is 0 Å². The van der Waals surface area contributed by atoms with Gasteiger partial charge in [-0.15, -0.1) is 0 Å². The second-order valence-corrected chi connectivity index (χ2v) is 10.5. The molecule has 0 bridgehead atoms. The molecule has 0 radical (unpaired) electrons. The number of carbonyl (C=O) groups excluding carboxylic acids is 1. The first-order valence-corrected chi connectivity index (χ1v) is 13.4. The maximum atomic E-state index is 13.7. The molecule has 0 saturated heterocycles. The highest BCUT2D eigenvalue weighted by Gasteiger charge is 2.35. The molecule has 1 aliphatic heterocycles. The molecular formula is C27H23BrCl2N6O3. The molecule has 39 heavy (non-hydrogen) atoms. The summed E-state index contributed by atoms with van der Waals surface area (Å²) in [7, 11) is 1.55. The predicted octanol–water partition coefficient (Wildman–Crippen LogP) is 6.57. The van der Waals surface area contributed by atoms with Crippen molar-refractivity contribution in [2.24, 2.45) is 0 Å². The van der Waals surface area contributed by atoms with E-state index < -0.39 is 6.04 Å². The Labute approximate surface area is 243 Å². The zero-order valence-corrected chi connectivity index (χ0v) is 24.2. The minimum absolute atomic E-state index is 0.235. The van der Waals surface area contributed by atoms with Gasteiger partial charge in [-0.25, -0.2) is 0 Å². The van der Waals surface area contributed by atoms with Crippen molar-refractivity contribution in [3.05, 3.63) is 97.1 Å². The molecule has 2 N–H and O–H groups in total. The molecule has 5 rings (SSSR count). The molecule has 4 aromatic rings. The molecular weight excluding hydrogens is 607 g/mol. The predicted molar refractivity (Wildman–Crippen MR) is 154 cm³/mol.